The van der Waals surface area contributed by atoms with Crippen LogP contribution in [0.25, 0.3) is 0 Å². The number of primary amides is 1. The summed E-state index contributed by atoms with van der Waals surface area (Å²) in [6.45, 7) is 1.83. The first-order valence-corrected chi connectivity index (χ1v) is 9.83. The minimum Gasteiger partial charge on any atom is -0.466 e. The summed E-state index contributed by atoms with van der Waals surface area (Å²) in [6.07, 6.45) is 4.29. The molecule has 1 aliphatic carbocycles. The molecule has 9 heteroatoms. The highest BCUT2D eigenvalue weighted by Crippen LogP contribution is 2.28. The van der Waals surface area contributed by atoms with Gasteiger partial charge in [-0.15, -0.1) is 0 Å². The quantitative estimate of drug-likeness (QED) is 0.366. The second kappa shape index (κ2) is 10.5. The fourth-order valence-corrected chi connectivity index (χ4v) is 3.68. The van der Waals surface area contributed by atoms with Crippen molar-refractivity contribution < 1.29 is 24.0 Å². The van der Waals surface area contributed by atoms with E-state index in [1.165, 1.54) is 24.3 Å². The van der Waals surface area contributed by atoms with Crippen molar-refractivity contribution in [3.63, 3.8) is 0 Å². The molecule has 1 aromatic rings. The van der Waals surface area contributed by atoms with Crippen molar-refractivity contribution in [2.45, 2.75) is 57.4 Å². The predicted molar refractivity (Wildman–Crippen MR) is 105 cm³/mol. The summed E-state index contributed by atoms with van der Waals surface area (Å²) in [6, 6.07) is 4.37. The number of nitro benzene ring substituents is 1. The lowest BCUT2D eigenvalue weighted by molar-refractivity contribution is -0.384. The minimum absolute atomic E-state index is 0.120. The van der Waals surface area contributed by atoms with E-state index in [9.17, 15) is 24.5 Å². The van der Waals surface area contributed by atoms with Crippen molar-refractivity contribution in [2.24, 2.45) is 11.7 Å². The zero-order chi connectivity index (χ0) is 21.4. The summed E-state index contributed by atoms with van der Waals surface area (Å²) in [5.74, 6) is -2.56. The first kappa shape index (κ1) is 22.3. The minimum atomic E-state index is -1.13. The molecule has 0 radical (unpaired) electrons. The van der Waals surface area contributed by atoms with Crippen LogP contribution in [0.2, 0.25) is 0 Å². The van der Waals surface area contributed by atoms with Crippen molar-refractivity contribution >= 4 is 23.5 Å². The van der Waals surface area contributed by atoms with E-state index in [-0.39, 0.29) is 30.5 Å². The van der Waals surface area contributed by atoms with Gasteiger partial charge < -0.3 is 15.8 Å². The summed E-state index contributed by atoms with van der Waals surface area (Å²) in [4.78, 5) is 47.4. The Morgan fingerprint density at radius 2 is 1.83 bits per heavy atom. The van der Waals surface area contributed by atoms with Crippen molar-refractivity contribution in [3.05, 3.63) is 39.9 Å². The van der Waals surface area contributed by atoms with Crippen LogP contribution in [0, 0.1) is 16.0 Å². The maximum absolute atomic E-state index is 12.7. The molecule has 0 unspecified atom stereocenters. The average molecular weight is 405 g/mol. The number of non-ortho nitro benzene ring substituents is 1. The van der Waals surface area contributed by atoms with Gasteiger partial charge in [0, 0.05) is 24.0 Å². The van der Waals surface area contributed by atoms with Crippen LogP contribution in [0.4, 0.5) is 5.69 Å². The number of hydrogen-bond donors (Lipinski definition) is 2. The van der Waals surface area contributed by atoms with Gasteiger partial charge in [0.05, 0.1) is 18.0 Å². The highest BCUT2D eigenvalue weighted by Gasteiger charge is 2.34. The second-order valence-electron chi connectivity index (χ2n) is 7.19. The summed E-state index contributed by atoms with van der Waals surface area (Å²) < 4.78 is 5.00. The van der Waals surface area contributed by atoms with Crippen LogP contribution >= 0.6 is 0 Å². The van der Waals surface area contributed by atoms with Crippen molar-refractivity contribution in [1.82, 2.24) is 5.32 Å². The Morgan fingerprint density at radius 1 is 1.21 bits per heavy atom. The highest BCUT2D eigenvalue weighted by molar-refractivity contribution is 5.89. The molecule has 0 aliphatic heterocycles. The normalized spacial score (nSPS) is 16.4. The molecule has 1 saturated carbocycles. The number of benzene rings is 1. The molecule has 0 spiro atoms. The Bertz CT molecular complexity index is 743. The molecular weight excluding hydrogens is 378 g/mol. The van der Waals surface area contributed by atoms with Crippen molar-refractivity contribution in [1.29, 1.82) is 0 Å². The summed E-state index contributed by atoms with van der Waals surface area (Å²) in [5, 5.41) is 13.6. The van der Waals surface area contributed by atoms with Crippen LogP contribution in [0.5, 0.6) is 0 Å². The fraction of sp³-hybridized carbons (Fsp3) is 0.550. The molecule has 1 aromatic carbocycles. The van der Waals surface area contributed by atoms with Gasteiger partial charge in [0.25, 0.3) is 5.69 Å². The van der Waals surface area contributed by atoms with Crippen LogP contribution in [-0.4, -0.2) is 35.4 Å². The van der Waals surface area contributed by atoms with E-state index in [0.29, 0.717) is 5.56 Å². The lowest BCUT2D eigenvalue weighted by atomic mass is 9.85. The number of amides is 2. The van der Waals surface area contributed by atoms with Crippen molar-refractivity contribution in [2.75, 3.05) is 6.61 Å². The van der Waals surface area contributed by atoms with Gasteiger partial charge in [0.1, 0.15) is 6.04 Å². The number of ether oxygens (including phenoxy) is 1. The Balaban J connectivity index is 2.28. The highest BCUT2D eigenvalue weighted by atomic mass is 16.6. The van der Waals surface area contributed by atoms with Crippen LogP contribution < -0.4 is 11.1 Å². The first-order valence-electron chi connectivity index (χ1n) is 9.83. The lowest BCUT2D eigenvalue weighted by Gasteiger charge is -2.28. The average Bonchev–Trinajstić information content (AvgIpc) is 2.71. The molecule has 158 valence electrons. The zero-order valence-electron chi connectivity index (χ0n) is 16.5. The number of nitrogens with one attached hydrogen (secondary N) is 1. The Kier molecular flexibility index (Phi) is 8.11. The second-order valence-corrected chi connectivity index (χ2v) is 7.19. The fourth-order valence-electron chi connectivity index (χ4n) is 3.68. The van der Waals surface area contributed by atoms with Gasteiger partial charge >= 0.3 is 5.97 Å². The summed E-state index contributed by atoms with van der Waals surface area (Å²) in [7, 11) is 0. The van der Waals surface area contributed by atoms with E-state index in [2.05, 4.69) is 5.32 Å². The van der Waals surface area contributed by atoms with Gasteiger partial charge in [-0.05, 0) is 25.3 Å². The van der Waals surface area contributed by atoms with Crippen LogP contribution in [0.3, 0.4) is 0 Å². The number of nitrogens with zero attached hydrogens (tertiary/aromatic N) is 1. The molecule has 9 nitrogen and oxygen atoms in total. The summed E-state index contributed by atoms with van der Waals surface area (Å²) in [5.41, 5.74) is 5.93. The Morgan fingerprint density at radius 3 is 2.34 bits per heavy atom. The molecule has 1 aliphatic rings. The summed E-state index contributed by atoms with van der Waals surface area (Å²) >= 11 is 0. The van der Waals surface area contributed by atoms with Gasteiger partial charge in [0.15, 0.2) is 0 Å². The Hall–Kier alpha value is -2.97. The molecule has 0 heterocycles. The van der Waals surface area contributed by atoms with E-state index in [1.807, 2.05) is 0 Å². The molecule has 2 amide bonds. The van der Waals surface area contributed by atoms with Gasteiger partial charge in [-0.25, -0.2) is 0 Å². The van der Waals surface area contributed by atoms with E-state index in [1.54, 1.807) is 6.92 Å². The number of nitro groups is 1. The molecule has 0 bridgehead atoms. The number of esters is 1. The molecule has 0 aromatic heterocycles. The molecule has 2 atom stereocenters. The van der Waals surface area contributed by atoms with E-state index in [4.69, 9.17) is 10.5 Å². The first-order chi connectivity index (χ1) is 13.8. The van der Waals surface area contributed by atoms with Gasteiger partial charge in [-0.2, -0.15) is 0 Å². The van der Waals surface area contributed by atoms with Crippen LogP contribution in [-0.2, 0) is 19.1 Å². The van der Waals surface area contributed by atoms with E-state index < -0.39 is 28.8 Å². The topological polar surface area (TPSA) is 142 Å². The monoisotopic (exact) mass is 405 g/mol. The maximum Gasteiger partial charge on any atom is 0.306 e. The predicted octanol–water partition coefficient (Wildman–Crippen LogP) is 2.18. The number of nitrogens with two attached hydrogens (primary N) is 1. The SMILES string of the molecule is CCOC(=O)C[C@H](c1ccc([N+](=O)[O-])cc1)[C@H](NC(=O)C1CCCCC1)C(N)=O. The molecule has 0 saturated heterocycles. The molecule has 29 heavy (non-hydrogen) atoms. The number of hydrogen-bond acceptors (Lipinski definition) is 6. The largest absolute Gasteiger partial charge is 0.466 e. The number of carbonyl (C=O) groups excluding carboxylic acids is 3. The molecule has 3 N–H and O–H groups in total. The van der Waals surface area contributed by atoms with Gasteiger partial charge in [0.2, 0.25) is 11.8 Å². The number of rotatable bonds is 9. The molecule has 2 rings (SSSR count). The zero-order valence-corrected chi connectivity index (χ0v) is 16.5. The van der Waals surface area contributed by atoms with Gasteiger partial charge in [-0.1, -0.05) is 31.4 Å². The third-order valence-corrected chi connectivity index (χ3v) is 5.21. The van der Waals surface area contributed by atoms with E-state index >= 15 is 0 Å². The smallest absolute Gasteiger partial charge is 0.306 e. The third-order valence-electron chi connectivity index (χ3n) is 5.21. The van der Waals surface area contributed by atoms with Crippen molar-refractivity contribution in [3.8, 4) is 0 Å². The van der Waals surface area contributed by atoms with Gasteiger partial charge in [-0.3, -0.25) is 24.5 Å². The van der Waals surface area contributed by atoms with Crippen LogP contribution in [0.15, 0.2) is 24.3 Å². The molecule has 1 fully saturated rings. The maximum atomic E-state index is 12.7. The third kappa shape index (κ3) is 6.27. The Labute approximate surface area is 169 Å². The van der Waals surface area contributed by atoms with E-state index in [0.717, 1.165) is 32.1 Å². The molecular formula is C20H27N3O6. The lowest BCUT2D eigenvalue weighted by Crippen LogP contribution is -2.50. The standard InChI is InChI=1S/C20H27N3O6/c1-2-29-17(24)12-16(13-8-10-15(11-9-13)23(27)28)18(19(21)25)22-20(26)14-6-4-3-5-7-14/h8-11,14,16,18H,2-7,12H2,1H3,(H2,21,25)(H,22,26)/t16-,18+/m1/s1. The number of carbonyl (C=O) groups is 3. The van der Waals surface area contributed by atoms with Crippen LogP contribution in [0.1, 0.15) is 56.9 Å².